The van der Waals surface area contributed by atoms with E-state index in [0.29, 0.717) is 23.3 Å². The Hall–Kier alpha value is -2.22. The molecule has 0 radical (unpaired) electrons. The van der Waals surface area contributed by atoms with Crippen LogP contribution in [0.4, 0.5) is 0 Å². The molecule has 1 heterocycles. The maximum absolute atomic E-state index is 12.4. The quantitative estimate of drug-likeness (QED) is 0.586. The molecule has 1 aromatic carbocycles. The van der Waals surface area contributed by atoms with Gasteiger partial charge < -0.3 is 19.4 Å². The van der Waals surface area contributed by atoms with Gasteiger partial charge in [0.05, 0.1) is 12.9 Å². The second-order valence-electron chi connectivity index (χ2n) is 7.91. The normalized spacial score (nSPS) is 15.8. The number of nitrogens with one attached hydrogen (secondary N) is 1. The average molecular weight is 433 g/mol. The van der Waals surface area contributed by atoms with Crippen LogP contribution in [0, 0.1) is 0 Å². The first-order chi connectivity index (χ1) is 14.5. The van der Waals surface area contributed by atoms with Crippen LogP contribution in [0.15, 0.2) is 29.4 Å². The van der Waals surface area contributed by atoms with Crippen molar-refractivity contribution >= 4 is 17.7 Å². The molecule has 1 aliphatic rings. The lowest BCUT2D eigenvalue weighted by Crippen LogP contribution is -2.37. The molecular formula is C22H32N4O3S. The molecule has 8 heteroatoms. The van der Waals surface area contributed by atoms with E-state index in [1.807, 2.05) is 35.8 Å². The molecule has 0 bridgehead atoms. The number of methoxy groups -OCH3 is 1. The van der Waals surface area contributed by atoms with Crippen molar-refractivity contribution in [1.29, 1.82) is 0 Å². The summed E-state index contributed by atoms with van der Waals surface area (Å²) in [6.45, 7) is 6.10. The summed E-state index contributed by atoms with van der Waals surface area (Å²) in [4.78, 5) is 12.4. The Kier molecular flexibility index (Phi) is 8.01. The number of amides is 1. The van der Waals surface area contributed by atoms with Crippen molar-refractivity contribution in [2.24, 2.45) is 0 Å². The van der Waals surface area contributed by atoms with E-state index in [-0.39, 0.29) is 18.1 Å². The number of ether oxygens (including phenoxy) is 2. The predicted octanol–water partition coefficient (Wildman–Crippen LogP) is 4.55. The van der Waals surface area contributed by atoms with Gasteiger partial charge in [0.25, 0.3) is 0 Å². The lowest BCUT2D eigenvalue weighted by molar-refractivity contribution is -0.119. The van der Waals surface area contributed by atoms with Gasteiger partial charge in [0.1, 0.15) is 0 Å². The molecule has 1 atom stereocenters. The van der Waals surface area contributed by atoms with E-state index in [1.165, 1.54) is 31.0 Å². The zero-order valence-electron chi connectivity index (χ0n) is 18.3. The Morgan fingerprint density at radius 1 is 1.17 bits per heavy atom. The summed E-state index contributed by atoms with van der Waals surface area (Å²) in [5.41, 5.74) is 0. The molecule has 1 aliphatic carbocycles. The van der Waals surface area contributed by atoms with Gasteiger partial charge in [-0.3, -0.25) is 4.79 Å². The maximum atomic E-state index is 12.4. The number of para-hydroxylation sites is 2. The monoisotopic (exact) mass is 432 g/mol. The molecule has 2 aromatic rings. The van der Waals surface area contributed by atoms with Crippen LogP contribution in [-0.2, 0) is 4.79 Å². The van der Waals surface area contributed by atoms with E-state index in [1.54, 1.807) is 7.11 Å². The zero-order chi connectivity index (χ0) is 21.5. The van der Waals surface area contributed by atoms with Crippen molar-refractivity contribution in [1.82, 2.24) is 20.1 Å². The Morgan fingerprint density at radius 2 is 1.87 bits per heavy atom. The first-order valence-electron chi connectivity index (χ1n) is 10.7. The topological polar surface area (TPSA) is 78.3 Å². The third-order valence-electron chi connectivity index (χ3n) is 5.25. The third kappa shape index (κ3) is 5.68. The highest BCUT2D eigenvalue weighted by Crippen LogP contribution is 2.32. The van der Waals surface area contributed by atoms with Gasteiger partial charge in [0.2, 0.25) is 5.91 Å². The molecule has 1 saturated carbocycles. The van der Waals surface area contributed by atoms with E-state index in [0.717, 1.165) is 23.8 Å². The van der Waals surface area contributed by atoms with E-state index in [2.05, 4.69) is 29.4 Å². The van der Waals surface area contributed by atoms with Crippen molar-refractivity contribution in [3.63, 3.8) is 0 Å². The van der Waals surface area contributed by atoms with Gasteiger partial charge in [0.15, 0.2) is 28.6 Å². The summed E-state index contributed by atoms with van der Waals surface area (Å²) in [5.74, 6) is 2.46. The number of benzene rings is 1. The lowest BCUT2D eigenvalue weighted by atomic mass is 9.95. The average Bonchev–Trinajstić information content (AvgIpc) is 3.18. The van der Waals surface area contributed by atoms with Crippen LogP contribution < -0.4 is 14.8 Å². The van der Waals surface area contributed by atoms with Crippen LogP contribution in [0.2, 0.25) is 0 Å². The number of carbonyl (C=O) groups is 1. The van der Waals surface area contributed by atoms with Gasteiger partial charge >= 0.3 is 0 Å². The molecule has 164 valence electrons. The number of hydrogen-bond donors (Lipinski definition) is 1. The first-order valence-corrected chi connectivity index (χ1v) is 11.6. The largest absolute Gasteiger partial charge is 0.493 e. The minimum atomic E-state index is -0.318. The summed E-state index contributed by atoms with van der Waals surface area (Å²) in [5, 5.41) is 12.6. The van der Waals surface area contributed by atoms with Crippen LogP contribution in [0.25, 0.3) is 0 Å². The molecule has 1 aromatic heterocycles. The van der Waals surface area contributed by atoms with Gasteiger partial charge in [-0.25, -0.2) is 0 Å². The van der Waals surface area contributed by atoms with Gasteiger partial charge in [-0.2, -0.15) is 0 Å². The van der Waals surface area contributed by atoms with Gasteiger partial charge in [-0.05, 0) is 45.7 Å². The van der Waals surface area contributed by atoms with Crippen LogP contribution in [0.1, 0.15) is 70.8 Å². The van der Waals surface area contributed by atoms with Crippen LogP contribution >= 0.6 is 11.8 Å². The van der Waals surface area contributed by atoms with Gasteiger partial charge in [-0.15, -0.1) is 10.2 Å². The molecule has 0 aliphatic heterocycles. The Balaban J connectivity index is 1.66. The van der Waals surface area contributed by atoms with Crippen LogP contribution in [0.5, 0.6) is 11.5 Å². The van der Waals surface area contributed by atoms with Gasteiger partial charge in [-0.1, -0.05) is 43.2 Å². The predicted molar refractivity (Wildman–Crippen MR) is 118 cm³/mol. The SMILES string of the molecule is COc1ccccc1OC(C)c1nnc(SCC(=O)NC2CCCCC2)n1C(C)C. The summed E-state index contributed by atoms with van der Waals surface area (Å²) < 4.78 is 13.5. The molecule has 1 unspecified atom stereocenters. The van der Waals surface area contributed by atoms with E-state index < -0.39 is 0 Å². The number of hydrogen-bond acceptors (Lipinski definition) is 6. The van der Waals surface area contributed by atoms with Gasteiger partial charge in [0, 0.05) is 12.1 Å². The van der Waals surface area contributed by atoms with E-state index >= 15 is 0 Å². The summed E-state index contributed by atoms with van der Waals surface area (Å²) in [6, 6.07) is 8.00. The number of rotatable bonds is 9. The maximum Gasteiger partial charge on any atom is 0.230 e. The van der Waals surface area contributed by atoms with Crippen LogP contribution in [-0.4, -0.2) is 39.6 Å². The fourth-order valence-corrected chi connectivity index (χ4v) is 4.64. The number of thioether (sulfide) groups is 1. The summed E-state index contributed by atoms with van der Waals surface area (Å²) in [7, 11) is 1.62. The van der Waals surface area contributed by atoms with Crippen LogP contribution in [0.3, 0.4) is 0 Å². The fourth-order valence-electron chi connectivity index (χ4n) is 3.76. The number of nitrogens with zero attached hydrogens (tertiary/aromatic N) is 3. The highest BCUT2D eigenvalue weighted by Gasteiger charge is 2.23. The second-order valence-corrected chi connectivity index (χ2v) is 8.85. The fraction of sp³-hybridized carbons (Fsp3) is 0.591. The molecule has 1 fully saturated rings. The lowest BCUT2D eigenvalue weighted by Gasteiger charge is -2.22. The number of carbonyl (C=O) groups excluding carboxylic acids is 1. The second kappa shape index (κ2) is 10.7. The third-order valence-corrected chi connectivity index (χ3v) is 6.19. The van der Waals surface area contributed by atoms with Crippen molar-refractivity contribution in [2.45, 2.75) is 76.2 Å². The molecule has 1 N–H and O–H groups in total. The van der Waals surface area contributed by atoms with E-state index in [9.17, 15) is 4.79 Å². The zero-order valence-corrected chi connectivity index (χ0v) is 19.1. The molecular weight excluding hydrogens is 400 g/mol. The summed E-state index contributed by atoms with van der Waals surface area (Å²) in [6.07, 6.45) is 5.53. The minimum Gasteiger partial charge on any atom is -0.493 e. The Morgan fingerprint density at radius 3 is 2.53 bits per heavy atom. The van der Waals surface area contributed by atoms with Crippen molar-refractivity contribution < 1.29 is 14.3 Å². The number of aromatic nitrogens is 3. The Bertz CT molecular complexity index is 834. The molecule has 0 saturated heterocycles. The summed E-state index contributed by atoms with van der Waals surface area (Å²) >= 11 is 1.42. The van der Waals surface area contributed by atoms with Crippen molar-refractivity contribution in [3.8, 4) is 11.5 Å². The molecule has 0 spiro atoms. The molecule has 30 heavy (non-hydrogen) atoms. The van der Waals surface area contributed by atoms with Crippen molar-refractivity contribution in [2.75, 3.05) is 12.9 Å². The smallest absolute Gasteiger partial charge is 0.230 e. The first kappa shape index (κ1) is 22.5. The molecule has 1 amide bonds. The molecule has 7 nitrogen and oxygen atoms in total. The van der Waals surface area contributed by atoms with Crippen molar-refractivity contribution in [3.05, 3.63) is 30.1 Å². The minimum absolute atomic E-state index is 0.0603. The standard InChI is InChI=1S/C22H32N4O3S/c1-15(2)26-21(16(3)29-19-13-9-8-12-18(19)28-4)24-25-22(26)30-14-20(27)23-17-10-6-5-7-11-17/h8-9,12-13,15-17H,5-7,10-11,14H2,1-4H3,(H,23,27). The highest BCUT2D eigenvalue weighted by molar-refractivity contribution is 7.99. The van der Waals surface area contributed by atoms with E-state index in [4.69, 9.17) is 9.47 Å². The molecule has 3 rings (SSSR count). The Labute approximate surface area is 182 Å². The highest BCUT2D eigenvalue weighted by atomic mass is 32.2.